The Bertz CT molecular complexity index is 472. The molecule has 1 aromatic rings. The maximum Gasteiger partial charge on any atom is 0.258 e. The molecule has 0 bridgehead atoms. The topological polar surface area (TPSA) is 58.6 Å². The lowest BCUT2D eigenvalue weighted by Gasteiger charge is -2.27. The average molecular weight is 300 g/mol. The maximum atomic E-state index is 11.7. The predicted molar refractivity (Wildman–Crippen MR) is 80.2 cm³/mol. The molecule has 0 aliphatic heterocycles. The van der Waals surface area contributed by atoms with Gasteiger partial charge < -0.3 is 15.2 Å². The number of halogens is 1. The Hall–Kier alpha value is -1.26. The summed E-state index contributed by atoms with van der Waals surface area (Å²) in [6, 6.07) is 5.22. The van der Waals surface area contributed by atoms with Crippen molar-refractivity contribution in [2.45, 2.75) is 33.3 Å². The zero-order valence-electron chi connectivity index (χ0n) is 12.4. The largest absolute Gasteiger partial charge is 0.484 e. The molecule has 0 aromatic heterocycles. The molecule has 1 rings (SSSR count). The Balaban J connectivity index is 2.44. The maximum absolute atomic E-state index is 11.7. The smallest absolute Gasteiger partial charge is 0.258 e. The summed E-state index contributed by atoms with van der Waals surface area (Å²) >= 11 is 5.85. The first kappa shape index (κ1) is 16.8. The van der Waals surface area contributed by atoms with Crippen molar-refractivity contribution in [2.75, 3.05) is 13.2 Å². The highest BCUT2D eigenvalue weighted by atomic mass is 35.5. The molecule has 5 heteroatoms. The lowest BCUT2D eigenvalue weighted by Crippen LogP contribution is -2.45. The molecule has 0 saturated heterocycles. The molecule has 20 heavy (non-hydrogen) atoms. The van der Waals surface area contributed by atoms with E-state index in [4.69, 9.17) is 16.3 Å². The lowest BCUT2D eigenvalue weighted by molar-refractivity contribution is -0.124. The molecule has 4 nitrogen and oxygen atoms in total. The van der Waals surface area contributed by atoms with Crippen molar-refractivity contribution >= 4 is 17.5 Å². The van der Waals surface area contributed by atoms with E-state index in [-0.39, 0.29) is 25.0 Å². The third-order valence-electron chi connectivity index (χ3n) is 3.38. The molecule has 1 unspecified atom stereocenters. The molecule has 2 N–H and O–H groups in total. The lowest BCUT2D eigenvalue weighted by atomic mass is 9.93. The minimum Gasteiger partial charge on any atom is -0.484 e. The standard InChI is InChI=1S/C15H22ClNO3/c1-10(2)15(4,19)9-17-14(18)8-20-13-6-5-12(16)7-11(13)3/h5-7,10,19H,8-9H2,1-4H3,(H,17,18). The minimum atomic E-state index is -0.925. The van der Waals surface area contributed by atoms with Crippen LogP contribution in [-0.2, 0) is 4.79 Å². The molecule has 0 aliphatic carbocycles. The van der Waals surface area contributed by atoms with Crippen LogP contribution in [0.3, 0.4) is 0 Å². The quantitative estimate of drug-likeness (QED) is 0.849. The van der Waals surface area contributed by atoms with Gasteiger partial charge >= 0.3 is 0 Å². The molecule has 1 amide bonds. The van der Waals surface area contributed by atoms with Crippen LogP contribution in [-0.4, -0.2) is 29.8 Å². The van der Waals surface area contributed by atoms with Gasteiger partial charge in [0.1, 0.15) is 5.75 Å². The monoisotopic (exact) mass is 299 g/mol. The van der Waals surface area contributed by atoms with E-state index in [1.807, 2.05) is 20.8 Å². The number of aliphatic hydroxyl groups is 1. The number of carbonyl (C=O) groups is 1. The predicted octanol–water partition coefficient (Wildman–Crippen LogP) is 2.55. The molecule has 0 fully saturated rings. The van der Waals surface area contributed by atoms with Gasteiger partial charge in [0, 0.05) is 11.6 Å². The summed E-state index contributed by atoms with van der Waals surface area (Å²) < 4.78 is 5.43. The fraction of sp³-hybridized carbons (Fsp3) is 0.533. The summed E-state index contributed by atoms with van der Waals surface area (Å²) in [7, 11) is 0. The number of aryl methyl sites for hydroxylation is 1. The van der Waals surface area contributed by atoms with Gasteiger partial charge in [0.05, 0.1) is 5.60 Å². The van der Waals surface area contributed by atoms with E-state index in [0.29, 0.717) is 10.8 Å². The number of hydrogen-bond acceptors (Lipinski definition) is 3. The van der Waals surface area contributed by atoms with Crippen molar-refractivity contribution in [2.24, 2.45) is 5.92 Å². The van der Waals surface area contributed by atoms with Crippen LogP contribution >= 0.6 is 11.6 Å². The van der Waals surface area contributed by atoms with Crippen molar-refractivity contribution in [3.05, 3.63) is 28.8 Å². The molecule has 1 atom stereocenters. The minimum absolute atomic E-state index is 0.0576. The second-order valence-electron chi connectivity index (χ2n) is 5.49. The number of nitrogens with one attached hydrogen (secondary N) is 1. The Morgan fingerprint density at radius 2 is 2.15 bits per heavy atom. The Kier molecular flexibility index (Phi) is 5.84. The first-order chi connectivity index (χ1) is 9.22. The van der Waals surface area contributed by atoms with Crippen LogP contribution in [0.25, 0.3) is 0 Å². The summed E-state index contributed by atoms with van der Waals surface area (Å²) in [4.78, 5) is 11.7. The Labute approximate surface area is 125 Å². The van der Waals surface area contributed by atoms with Crippen LogP contribution in [0, 0.1) is 12.8 Å². The van der Waals surface area contributed by atoms with Gasteiger partial charge in [-0.3, -0.25) is 4.79 Å². The van der Waals surface area contributed by atoms with Crippen molar-refractivity contribution in [3.63, 3.8) is 0 Å². The average Bonchev–Trinajstić information content (AvgIpc) is 2.35. The van der Waals surface area contributed by atoms with Crippen LogP contribution in [0.5, 0.6) is 5.75 Å². The number of rotatable bonds is 6. The molecule has 0 heterocycles. The fourth-order valence-corrected chi connectivity index (χ4v) is 1.68. The summed E-state index contributed by atoms with van der Waals surface area (Å²) in [5, 5.41) is 13.3. The molecule has 112 valence electrons. The summed E-state index contributed by atoms with van der Waals surface area (Å²) in [5.41, 5.74) is -0.0502. The van der Waals surface area contributed by atoms with Crippen LogP contribution in [0.4, 0.5) is 0 Å². The van der Waals surface area contributed by atoms with E-state index in [1.165, 1.54) is 0 Å². The molecule has 1 aromatic carbocycles. The van der Waals surface area contributed by atoms with Gasteiger partial charge in [-0.25, -0.2) is 0 Å². The van der Waals surface area contributed by atoms with E-state index >= 15 is 0 Å². The van der Waals surface area contributed by atoms with Gasteiger partial charge in [-0.15, -0.1) is 0 Å². The van der Waals surface area contributed by atoms with Crippen LogP contribution in [0.1, 0.15) is 26.3 Å². The molecule has 0 radical (unpaired) electrons. The normalized spacial score (nSPS) is 13.9. The first-order valence-corrected chi connectivity index (χ1v) is 6.98. The van der Waals surface area contributed by atoms with Gasteiger partial charge in [-0.1, -0.05) is 25.4 Å². The third kappa shape index (κ3) is 5.02. The second kappa shape index (κ2) is 6.95. The van der Waals surface area contributed by atoms with E-state index < -0.39 is 5.60 Å². The van der Waals surface area contributed by atoms with Gasteiger partial charge in [-0.2, -0.15) is 0 Å². The van der Waals surface area contributed by atoms with Gasteiger partial charge in [-0.05, 0) is 43.5 Å². The van der Waals surface area contributed by atoms with Gasteiger partial charge in [0.15, 0.2) is 6.61 Å². The number of hydrogen-bond donors (Lipinski definition) is 2. The van der Waals surface area contributed by atoms with Gasteiger partial charge in [0.25, 0.3) is 5.91 Å². The molecule has 0 spiro atoms. The van der Waals surface area contributed by atoms with Crippen LogP contribution in [0.15, 0.2) is 18.2 Å². The zero-order chi connectivity index (χ0) is 15.3. The van der Waals surface area contributed by atoms with Crippen LogP contribution in [0.2, 0.25) is 5.02 Å². The number of ether oxygens (including phenoxy) is 1. The summed E-state index contributed by atoms with van der Waals surface area (Å²) in [5.74, 6) is 0.419. The zero-order valence-corrected chi connectivity index (χ0v) is 13.1. The van der Waals surface area contributed by atoms with E-state index in [1.54, 1.807) is 25.1 Å². The van der Waals surface area contributed by atoms with Crippen molar-refractivity contribution < 1.29 is 14.6 Å². The van der Waals surface area contributed by atoms with Crippen molar-refractivity contribution in [1.82, 2.24) is 5.32 Å². The van der Waals surface area contributed by atoms with Gasteiger partial charge in [0.2, 0.25) is 0 Å². The molecule has 0 saturated carbocycles. The number of benzene rings is 1. The number of amides is 1. The Morgan fingerprint density at radius 1 is 1.50 bits per heavy atom. The van der Waals surface area contributed by atoms with E-state index in [0.717, 1.165) is 5.56 Å². The third-order valence-corrected chi connectivity index (χ3v) is 3.62. The highest BCUT2D eigenvalue weighted by Crippen LogP contribution is 2.21. The molecule has 0 aliphatic rings. The highest BCUT2D eigenvalue weighted by molar-refractivity contribution is 6.30. The molecular weight excluding hydrogens is 278 g/mol. The highest BCUT2D eigenvalue weighted by Gasteiger charge is 2.25. The SMILES string of the molecule is Cc1cc(Cl)ccc1OCC(=O)NCC(C)(O)C(C)C. The molecular formula is C15H22ClNO3. The number of carbonyl (C=O) groups excluding carboxylic acids is 1. The van der Waals surface area contributed by atoms with Crippen molar-refractivity contribution in [3.8, 4) is 5.75 Å². The fourth-order valence-electron chi connectivity index (χ4n) is 1.45. The van der Waals surface area contributed by atoms with E-state index in [2.05, 4.69) is 5.32 Å². The Morgan fingerprint density at radius 3 is 2.70 bits per heavy atom. The summed E-state index contributed by atoms with van der Waals surface area (Å²) in [6.07, 6.45) is 0. The second-order valence-corrected chi connectivity index (χ2v) is 5.92. The van der Waals surface area contributed by atoms with Crippen molar-refractivity contribution in [1.29, 1.82) is 0 Å². The summed E-state index contributed by atoms with van der Waals surface area (Å²) in [6.45, 7) is 7.48. The first-order valence-electron chi connectivity index (χ1n) is 6.60. The van der Waals surface area contributed by atoms with Crippen LogP contribution < -0.4 is 10.1 Å². The van der Waals surface area contributed by atoms with E-state index in [9.17, 15) is 9.90 Å².